The third-order valence-corrected chi connectivity index (χ3v) is 6.97. The fourth-order valence-electron chi connectivity index (χ4n) is 3.73. The smallest absolute Gasteiger partial charge is 0.338 e. The number of benzene rings is 1. The molecule has 9 heteroatoms. The first-order valence-electron chi connectivity index (χ1n) is 9.94. The molecule has 1 aromatic carbocycles. The van der Waals surface area contributed by atoms with E-state index in [1.807, 2.05) is 13.8 Å². The van der Waals surface area contributed by atoms with Gasteiger partial charge in [-0.2, -0.15) is 4.31 Å². The summed E-state index contributed by atoms with van der Waals surface area (Å²) in [6.07, 6.45) is 0.566. The Bertz CT molecular complexity index is 855. The van der Waals surface area contributed by atoms with Crippen molar-refractivity contribution in [3.63, 3.8) is 0 Å². The fraction of sp³-hybridized carbons (Fsp3) is 0.600. The van der Waals surface area contributed by atoms with Gasteiger partial charge in [0.2, 0.25) is 10.0 Å². The molecule has 2 aliphatic rings. The van der Waals surface area contributed by atoms with E-state index < -0.39 is 22.1 Å². The highest BCUT2D eigenvalue weighted by atomic mass is 32.2. The van der Waals surface area contributed by atoms with Gasteiger partial charge in [-0.3, -0.25) is 4.79 Å². The molecule has 3 rings (SSSR count). The predicted molar refractivity (Wildman–Crippen MR) is 106 cm³/mol. The number of carbonyl (C=O) groups excluding carboxylic acids is 2. The highest BCUT2D eigenvalue weighted by molar-refractivity contribution is 7.89. The molecular formula is C20H28N2O6S. The quantitative estimate of drug-likeness (QED) is 0.668. The lowest BCUT2D eigenvalue weighted by atomic mass is 10.2. The number of carbonyl (C=O) groups is 2. The van der Waals surface area contributed by atoms with Crippen molar-refractivity contribution in [2.24, 2.45) is 0 Å². The van der Waals surface area contributed by atoms with Crippen LogP contribution in [0, 0.1) is 0 Å². The number of nitrogens with zero attached hydrogens (tertiary/aromatic N) is 2. The Labute approximate surface area is 171 Å². The number of esters is 1. The molecule has 0 aliphatic carbocycles. The lowest BCUT2D eigenvalue weighted by Crippen LogP contribution is -2.48. The monoisotopic (exact) mass is 424 g/mol. The summed E-state index contributed by atoms with van der Waals surface area (Å²) >= 11 is 0. The van der Waals surface area contributed by atoms with E-state index in [2.05, 4.69) is 0 Å². The summed E-state index contributed by atoms with van der Waals surface area (Å²) in [6, 6.07) is 5.74. The maximum Gasteiger partial charge on any atom is 0.338 e. The lowest BCUT2D eigenvalue weighted by Gasteiger charge is -2.34. The molecule has 0 saturated carbocycles. The number of likely N-dealkylation sites (tertiary alicyclic amines) is 1. The van der Waals surface area contributed by atoms with Crippen molar-refractivity contribution in [2.75, 3.05) is 26.2 Å². The standard InChI is InChI=1S/C20H28N2O6S/c1-14-12-22(13-15(2)27-14)29(25,26)18-8-6-7-17(11-18)20(24)28-16(3)19(23)21-9-4-5-10-21/h6-8,11,14-16H,4-5,9-10,12-13H2,1-3H3/t14-,15+,16-/m0/s1. The van der Waals surface area contributed by atoms with Crippen LogP contribution in [0.1, 0.15) is 44.0 Å². The van der Waals surface area contributed by atoms with E-state index in [0.29, 0.717) is 13.1 Å². The van der Waals surface area contributed by atoms with Gasteiger partial charge in [-0.05, 0) is 51.8 Å². The molecule has 8 nitrogen and oxygen atoms in total. The van der Waals surface area contributed by atoms with Crippen LogP contribution in [-0.2, 0) is 24.3 Å². The third-order valence-electron chi connectivity index (χ3n) is 5.14. The summed E-state index contributed by atoms with van der Waals surface area (Å²) in [5.41, 5.74) is 0.0986. The number of morpholine rings is 1. The Hall–Kier alpha value is -1.97. The van der Waals surface area contributed by atoms with Crippen molar-refractivity contribution in [1.82, 2.24) is 9.21 Å². The fourth-order valence-corrected chi connectivity index (χ4v) is 5.37. The third kappa shape index (κ3) is 4.96. The van der Waals surface area contributed by atoms with Crippen molar-refractivity contribution in [3.8, 4) is 0 Å². The van der Waals surface area contributed by atoms with Gasteiger partial charge in [0, 0.05) is 26.2 Å². The minimum absolute atomic E-state index is 0.0202. The van der Waals surface area contributed by atoms with Gasteiger partial charge in [0.1, 0.15) is 0 Å². The highest BCUT2D eigenvalue weighted by Gasteiger charge is 2.33. The zero-order valence-corrected chi connectivity index (χ0v) is 17.9. The molecule has 0 spiro atoms. The second kappa shape index (κ2) is 8.81. The van der Waals surface area contributed by atoms with Gasteiger partial charge in [-0.15, -0.1) is 0 Å². The first-order valence-corrected chi connectivity index (χ1v) is 11.4. The van der Waals surface area contributed by atoms with Crippen LogP contribution in [0.2, 0.25) is 0 Å². The molecule has 2 heterocycles. The van der Waals surface area contributed by atoms with Crippen molar-refractivity contribution >= 4 is 21.9 Å². The molecule has 29 heavy (non-hydrogen) atoms. The molecule has 1 amide bonds. The summed E-state index contributed by atoms with van der Waals surface area (Å²) < 4.78 is 38.3. The first kappa shape index (κ1) is 21.7. The van der Waals surface area contributed by atoms with Crippen LogP contribution in [0.4, 0.5) is 0 Å². The molecule has 3 atom stereocenters. The minimum atomic E-state index is -3.77. The Morgan fingerprint density at radius 2 is 1.76 bits per heavy atom. The van der Waals surface area contributed by atoms with Crippen molar-refractivity contribution in [2.45, 2.75) is 56.8 Å². The van der Waals surface area contributed by atoms with Crippen LogP contribution in [0.5, 0.6) is 0 Å². The van der Waals surface area contributed by atoms with E-state index in [0.717, 1.165) is 12.8 Å². The highest BCUT2D eigenvalue weighted by Crippen LogP contribution is 2.22. The Morgan fingerprint density at radius 3 is 2.38 bits per heavy atom. The molecule has 0 aromatic heterocycles. The van der Waals surface area contributed by atoms with Gasteiger partial charge < -0.3 is 14.4 Å². The molecule has 0 bridgehead atoms. The van der Waals surface area contributed by atoms with E-state index in [9.17, 15) is 18.0 Å². The Kier molecular flexibility index (Phi) is 6.60. The summed E-state index contributed by atoms with van der Waals surface area (Å²) in [6.45, 7) is 7.03. The second-order valence-corrected chi connectivity index (χ2v) is 9.63. The van der Waals surface area contributed by atoms with E-state index >= 15 is 0 Å². The van der Waals surface area contributed by atoms with E-state index in [4.69, 9.17) is 9.47 Å². The van der Waals surface area contributed by atoms with Gasteiger partial charge in [0.15, 0.2) is 6.10 Å². The van der Waals surface area contributed by atoms with Crippen LogP contribution in [0.3, 0.4) is 0 Å². The van der Waals surface area contributed by atoms with Crippen LogP contribution in [0.15, 0.2) is 29.2 Å². The van der Waals surface area contributed by atoms with Crippen LogP contribution in [-0.4, -0.2) is 74.0 Å². The van der Waals surface area contributed by atoms with Crippen molar-refractivity contribution < 1.29 is 27.5 Å². The van der Waals surface area contributed by atoms with Gasteiger partial charge in [0.25, 0.3) is 5.91 Å². The topological polar surface area (TPSA) is 93.2 Å². The normalized spacial score (nSPS) is 24.3. The molecular weight excluding hydrogens is 396 g/mol. The zero-order chi connectivity index (χ0) is 21.2. The SMILES string of the molecule is C[C@@H]1CN(S(=O)(=O)c2cccc(C(=O)O[C@@H](C)C(=O)N3CCCC3)c2)C[C@H](C)O1. The van der Waals surface area contributed by atoms with Crippen molar-refractivity contribution in [1.29, 1.82) is 0 Å². The van der Waals surface area contributed by atoms with Crippen molar-refractivity contribution in [3.05, 3.63) is 29.8 Å². The molecule has 160 valence electrons. The first-order chi connectivity index (χ1) is 13.7. The average Bonchev–Trinajstić information content (AvgIpc) is 3.21. The largest absolute Gasteiger partial charge is 0.449 e. The Balaban J connectivity index is 1.72. The lowest BCUT2D eigenvalue weighted by molar-refractivity contribution is -0.138. The van der Waals surface area contributed by atoms with Crippen LogP contribution in [0.25, 0.3) is 0 Å². The Morgan fingerprint density at radius 1 is 1.14 bits per heavy atom. The van der Waals surface area contributed by atoms with E-state index in [1.165, 1.54) is 35.5 Å². The summed E-state index contributed by atoms with van der Waals surface area (Å²) in [7, 11) is -3.77. The minimum Gasteiger partial charge on any atom is -0.449 e. The molecule has 0 unspecified atom stereocenters. The molecule has 2 fully saturated rings. The summed E-state index contributed by atoms with van der Waals surface area (Å²) in [5.74, 6) is -0.943. The number of amides is 1. The summed E-state index contributed by atoms with van der Waals surface area (Å²) in [5, 5.41) is 0. The molecule has 0 radical (unpaired) electrons. The van der Waals surface area contributed by atoms with Gasteiger partial charge >= 0.3 is 5.97 Å². The van der Waals surface area contributed by atoms with Crippen LogP contribution < -0.4 is 0 Å². The van der Waals surface area contributed by atoms with Gasteiger partial charge in [-0.1, -0.05) is 6.07 Å². The number of ether oxygens (including phenoxy) is 2. The van der Waals surface area contributed by atoms with E-state index in [-0.39, 0.29) is 41.7 Å². The van der Waals surface area contributed by atoms with Gasteiger partial charge in [-0.25, -0.2) is 13.2 Å². The maximum atomic E-state index is 13.0. The average molecular weight is 425 g/mol. The molecule has 1 aromatic rings. The number of hydrogen-bond acceptors (Lipinski definition) is 6. The molecule has 0 N–H and O–H groups in total. The predicted octanol–water partition coefficient (Wildman–Crippen LogP) is 1.65. The molecule has 2 aliphatic heterocycles. The van der Waals surface area contributed by atoms with E-state index in [1.54, 1.807) is 4.90 Å². The number of hydrogen-bond donors (Lipinski definition) is 0. The number of sulfonamides is 1. The summed E-state index contributed by atoms with van der Waals surface area (Å²) in [4.78, 5) is 26.6. The number of rotatable bonds is 5. The second-order valence-electron chi connectivity index (χ2n) is 7.69. The van der Waals surface area contributed by atoms with Gasteiger partial charge in [0.05, 0.1) is 22.7 Å². The zero-order valence-electron chi connectivity index (χ0n) is 17.0. The molecule has 2 saturated heterocycles. The maximum absolute atomic E-state index is 13.0. The van der Waals surface area contributed by atoms with Crippen LogP contribution >= 0.6 is 0 Å².